The lowest BCUT2D eigenvalue weighted by Gasteiger charge is -2.22. The second-order valence-corrected chi connectivity index (χ2v) is 5.53. The number of rotatable bonds is 5. The number of hydrogen-bond donors (Lipinski definition) is 2. The number of benzene rings is 1. The molecule has 0 bridgehead atoms. The van der Waals surface area contributed by atoms with E-state index in [1.54, 1.807) is 12.1 Å². The van der Waals surface area contributed by atoms with E-state index in [0.29, 0.717) is 24.9 Å². The average molecular weight is 321 g/mol. The van der Waals surface area contributed by atoms with E-state index in [0.717, 1.165) is 0 Å². The third-order valence-electron chi connectivity index (χ3n) is 4.01. The fourth-order valence-electron chi connectivity index (χ4n) is 2.66. The summed E-state index contributed by atoms with van der Waals surface area (Å²) in [5.41, 5.74) is 0.631. The molecule has 2 amide bonds. The Balaban J connectivity index is 2.05. The SMILES string of the molecule is CCC(NC(=O)N1CCC(C(=O)O)C1)c1cccc([N+](=O)[O-])c1. The molecule has 8 heteroatoms. The molecule has 0 aromatic heterocycles. The first-order valence-electron chi connectivity index (χ1n) is 7.45. The molecule has 124 valence electrons. The van der Waals surface area contributed by atoms with E-state index in [4.69, 9.17) is 5.11 Å². The van der Waals surface area contributed by atoms with Crippen LogP contribution >= 0.6 is 0 Å². The highest BCUT2D eigenvalue weighted by Gasteiger charge is 2.31. The standard InChI is InChI=1S/C15H19N3O5/c1-2-13(10-4-3-5-12(8-10)18(22)23)16-15(21)17-7-6-11(9-17)14(19)20/h3-5,8,11,13H,2,6-7,9H2,1H3,(H,16,21)(H,19,20). The van der Waals surface area contributed by atoms with E-state index in [1.807, 2.05) is 6.92 Å². The summed E-state index contributed by atoms with van der Waals surface area (Å²) in [6, 6.07) is 5.46. The van der Waals surface area contributed by atoms with Gasteiger partial charge in [-0.15, -0.1) is 0 Å². The van der Waals surface area contributed by atoms with Crippen LogP contribution in [0, 0.1) is 16.0 Å². The minimum atomic E-state index is -0.897. The first-order valence-corrected chi connectivity index (χ1v) is 7.45. The van der Waals surface area contributed by atoms with Crippen molar-refractivity contribution < 1.29 is 19.6 Å². The summed E-state index contributed by atoms with van der Waals surface area (Å²) in [7, 11) is 0. The lowest BCUT2D eigenvalue weighted by molar-refractivity contribution is -0.384. The Morgan fingerprint density at radius 1 is 1.52 bits per heavy atom. The van der Waals surface area contributed by atoms with Gasteiger partial charge in [-0.2, -0.15) is 0 Å². The van der Waals surface area contributed by atoms with Crippen molar-refractivity contribution in [3.8, 4) is 0 Å². The molecule has 1 saturated heterocycles. The van der Waals surface area contributed by atoms with Crippen molar-refractivity contribution in [2.75, 3.05) is 13.1 Å². The van der Waals surface area contributed by atoms with Crippen LogP contribution in [0.5, 0.6) is 0 Å². The summed E-state index contributed by atoms with van der Waals surface area (Å²) in [6.07, 6.45) is 1.01. The number of non-ortho nitro benzene ring substituents is 1. The molecule has 0 spiro atoms. The maximum Gasteiger partial charge on any atom is 0.317 e. The van der Waals surface area contributed by atoms with E-state index < -0.39 is 16.8 Å². The molecule has 0 radical (unpaired) electrons. The van der Waals surface area contributed by atoms with E-state index in [-0.39, 0.29) is 24.3 Å². The van der Waals surface area contributed by atoms with Gasteiger partial charge in [0, 0.05) is 25.2 Å². The molecule has 0 saturated carbocycles. The van der Waals surface area contributed by atoms with Gasteiger partial charge in [0.25, 0.3) is 5.69 Å². The number of nitro groups is 1. The third-order valence-corrected chi connectivity index (χ3v) is 4.01. The molecule has 1 aliphatic heterocycles. The van der Waals surface area contributed by atoms with Crippen LogP contribution in [0.1, 0.15) is 31.4 Å². The number of urea groups is 1. The van der Waals surface area contributed by atoms with E-state index in [2.05, 4.69) is 5.32 Å². The van der Waals surface area contributed by atoms with Crippen LogP contribution in [0.25, 0.3) is 0 Å². The first-order chi connectivity index (χ1) is 10.9. The van der Waals surface area contributed by atoms with Crippen molar-refractivity contribution in [2.45, 2.75) is 25.8 Å². The smallest absolute Gasteiger partial charge is 0.317 e. The third kappa shape index (κ3) is 3.97. The fourth-order valence-corrected chi connectivity index (χ4v) is 2.66. The zero-order valence-corrected chi connectivity index (χ0v) is 12.8. The van der Waals surface area contributed by atoms with Crippen LogP contribution in [0.2, 0.25) is 0 Å². The number of carboxylic acid groups (broad SMARTS) is 1. The summed E-state index contributed by atoms with van der Waals surface area (Å²) >= 11 is 0. The summed E-state index contributed by atoms with van der Waals surface area (Å²) in [5, 5.41) is 22.7. The number of nitrogens with zero attached hydrogens (tertiary/aromatic N) is 2. The Labute approximate surface area is 133 Å². The molecular weight excluding hydrogens is 302 g/mol. The number of nitrogens with one attached hydrogen (secondary N) is 1. The summed E-state index contributed by atoms with van der Waals surface area (Å²) in [5.74, 6) is -1.43. The molecule has 2 rings (SSSR count). The summed E-state index contributed by atoms with van der Waals surface area (Å²) < 4.78 is 0. The number of carbonyl (C=O) groups excluding carboxylic acids is 1. The number of aliphatic carboxylic acids is 1. The maximum absolute atomic E-state index is 12.3. The minimum absolute atomic E-state index is 0.0256. The van der Waals surface area contributed by atoms with Gasteiger partial charge in [-0.05, 0) is 18.4 Å². The second kappa shape index (κ2) is 7.08. The predicted molar refractivity (Wildman–Crippen MR) is 82.0 cm³/mol. The quantitative estimate of drug-likeness (QED) is 0.637. The molecule has 2 N–H and O–H groups in total. The van der Waals surface area contributed by atoms with Crippen LogP contribution < -0.4 is 5.32 Å². The van der Waals surface area contributed by atoms with Crippen LogP contribution in [-0.2, 0) is 4.79 Å². The van der Waals surface area contributed by atoms with Gasteiger partial charge in [0.1, 0.15) is 0 Å². The highest BCUT2D eigenvalue weighted by molar-refractivity contribution is 5.77. The number of carbonyl (C=O) groups is 2. The normalized spacial score (nSPS) is 18.5. The van der Waals surface area contributed by atoms with Crippen LogP contribution in [0.4, 0.5) is 10.5 Å². The predicted octanol–water partition coefficient (Wildman–Crippen LogP) is 2.16. The van der Waals surface area contributed by atoms with E-state index >= 15 is 0 Å². The van der Waals surface area contributed by atoms with E-state index in [9.17, 15) is 19.7 Å². The molecule has 8 nitrogen and oxygen atoms in total. The second-order valence-electron chi connectivity index (χ2n) is 5.53. The van der Waals surface area contributed by atoms with E-state index in [1.165, 1.54) is 17.0 Å². The lowest BCUT2D eigenvalue weighted by atomic mass is 10.0. The van der Waals surface area contributed by atoms with Crippen LogP contribution in [0.3, 0.4) is 0 Å². The van der Waals surface area contributed by atoms with Crippen molar-refractivity contribution in [2.24, 2.45) is 5.92 Å². The first kappa shape index (κ1) is 16.7. The van der Waals surface area contributed by atoms with Gasteiger partial charge in [0.2, 0.25) is 0 Å². The highest BCUT2D eigenvalue weighted by atomic mass is 16.6. The molecule has 23 heavy (non-hydrogen) atoms. The Hall–Kier alpha value is -2.64. The van der Waals surface area contributed by atoms with Crippen molar-refractivity contribution in [1.82, 2.24) is 10.2 Å². The van der Waals surface area contributed by atoms with Gasteiger partial charge >= 0.3 is 12.0 Å². The summed E-state index contributed by atoms with van der Waals surface area (Å²) in [6.45, 7) is 2.45. The van der Waals surface area contributed by atoms with Gasteiger partial charge in [0.15, 0.2) is 0 Å². The maximum atomic E-state index is 12.3. The van der Waals surface area contributed by atoms with Crippen molar-refractivity contribution >= 4 is 17.7 Å². The number of nitro benzene ring substituents is 1. The largest absolute Gasteiger partial charge is 0.481 e. The molecule has 1 aromatic rings. The Morgan fingerprint density at radius 3 is 2.83 bits per heavy atom. The molecule has 0 aliphatic carbocycles. The number of hydrogen-bond acceptors (Lipinski definition) is 4. The van der Waals surface area contributed by atoms with Crippen molar-refractivity contribution in [1.29, 1.82) is 0 Å². The zero-order valence-electron chi connectivity index (χ0n) is 12.8. The van der Waals surface area contributed by atoms with Gasteiger partial charge in [0.05, 0.1) is 16.9 Å². The number of amides is 2. The van der Waals surface area contributed by atoms with Gasteiger partial charge < -0.3 is 15.3 Å². The Kier molecular flexibility index (Phi) is 5.15. The minimum Gasteiger partial charge on any atom is -0.481 e. The zero-order chi connectivity index (χ0) is 17.0. The monoisotopic (exact) mass is 321 g/mol. The lowest BCUT2D eigenvalue weighted by Crippen LogP contribution is -2.40. The Bertz CT molecular complexity index is 619. The van der Waals surface area contributed by atoms with Gasteiger partial charge in [-0.1, -0.05) is 19.1 Å². The molecule has 2 unspecified atom stereocenters. The van der Waals surface area contributed by atoms with Gasteiger partial charge in [-0.25, -0.2) is 4.79 Å². The molecular formula is C15H19N3O5. The number of carboxylic acids is 1. The highest BCUT2D eigenvalue weighted by Crippen LogP contribution is 2.23. The average Bonchev–Trinajstić information content (AvgIpc) is 3.02. The van der Waals surface area contributed by atoms with Crippen molar-refractivity contribution in [3.05, 3.63) is 39.9 Å². The topological polar surface area (TPSA) is 113 Å². The molecule has 1 fully saturated rings. The molecule has 1 aromatic carbocycles. The molecule has 1 heterocycles. The Morgan fingerprint density at radius 2 is 2.26 bits per heavy atom. The fraction of sp³-hybridized carbons (Fsp3) is 0.467. The number of likely N-dealkylation sites (tertiary alicyclic amines) is 1. The van der Waals surface area contributed by atoms with Gasteiger partial charge in [-0.3, -0.25) is 14.9 Å². The molecule has 1 aliphatic rings. The van der Waals surface area contributed by atoms with Crippen LogP contribution in [-0.4, -0.2) is 40.0 Å². The van der Waals surface area contributed by atoms with Crippen LogP contribution in [0.15, 0.2) is 24.3 Å². The summed E-state index contributed by atoms with van der Waals surface area (Å²) in [4.78, 5) is 35.1. The molecule has 2 atom stereocenters. The van der Waals surface area contributed by atoms with Crippen molar-refractivity contribution in [3.63, 3.8) is 0 Å².